The Balaban J connectivity index is 2.36. The molecule has 0 atom stereocenters. The molecule has 2 aromatic carbocycles. The monoisotopic (exact) mass is 241 g/mol. The summed E-state index contributed by atoms with van der Waals surface area (Å²) in [5.41, 5.74) is 3.27. The number of non-ortho nitro benzene ring substituents is 1. The molecule has 0 saturated heterocycles. The van der Waals surface area contributed by atoms with Gasteiger partial charge in [0.25, 0.3) is 5.69 Å². The van der Waals surface area contributed by atoms with Crippen molar-refractivity contribution in [3.8, 4) is 11.1 Å². The Bertz CT molecular complexity index is 559. The molecule has 0 spiro atoms. The van der Waals surface area contributed by atoms with Crippen molar-refractivity contribution in [1.29, 1.82) is 0 Å². The summed E-state index contributed by atoms with van der Waals surface area (Å²) in [4.78, 5) is 10.4. The number of benzene rings is 2. The number of hydrogen-bond donors (Lipinski definition) is 0. The molecule has 3 nitrogen and oxygen atoms in total. The molecule has 0 aliphatic carbocycles. The first-order valence-corrected chi connectivity index (χ1v) is 5.92. The molecular weight excluding hydrogens is 226 g/mol. The largest absolute Gasteiger partial charge is 0.270 e. The molecular formula is C15H15NO2. The minimum atomic E-state index is -0.369. The van der Waals surface area contributed by atoms with Crippen molar-refractivity contribution in [2.45, 2.75) is 19.8 Å². The number of rotatable bonds is 3. The summed E-state index contributed by atoms with van der Waals surface area (Å²) < 4.78 is 0. The van der Waals surface area contributed by atoms with E-state index in [-0.39, 0.29) is 10.6 Å². The first-order chi connectivity index (χ1) is 8.58. The standard InChI is InChI=1S/C15H15NO2/c1-11(2)12-6-8-13(9-7-12)14-4-3-5-15(10-14)16(17)18/h3-11H,1-2H3. The smallest absolute Gasteiger partial charge is 0.258 e. The van der Waals surface area contributed by atoms with Gasteiger partial charge in [-0.3, -0.25) is 10.1 Å². The van der Waals surface area contributed by atoms with Crippen molar-refractivity contribution in [3.63, 3.8) is 0 Å². The third-order valence-corrected chi connectivity index (χ3v) is 2.97. The van der Waals surface area contributed by atoms with E-state index in [1.165, 1.54) is 11.6 Å². The third kappa shape index (κ3) is 2.56. The van der Waals surface area contributed by atoms with Crippen LogP contribution in [0.4, 0.5) is 5.69 Å². The topological polar surface area (TPSA) is 43.1 Å². The number of hydrogen-bond acceptors (Lipinski definition) is 2. The van der Waals surface area contributed by atoms with Crippen LogP contribution in [-0.2, 0) is 0 Å². The van der Waals surface area contributed by atoms with E-state index >= 15 is 0 Å². The van der Waals surface area contributed by atoms with Crippen LogP contribution in [0.15, 0.2) is 48.5 Å². The van der Waals surface area contributed by atoms with Crippen LogP contribution in [0.25, 0.3) is 11.1 Å². The van der Waals surface area contributed by atoms with Crippen molar-refractivity contribution < 1.29 is 4.92 Å². The molecule has 0 unspecified atom stereocenters. The van der Waals surface area contributed by atoms with Crippen LogP contribution < -0.4 is 0 Å². The minimum absolute atomic E-state index is 0.125. The zero-order valence-electron chi connectivity index (χ0n) is 10.5. The zero-order valence-corrected chi connectivity index (χ0v) is 10.5. The van der Waals surface area contributed by atoms with Crippen LogP contribution in [0.1, 0.15) is 25.3 Å². The highest BCUT2D eigenvalue weighted by atomic mass is 16.6. The number of nitro groups is 1. The second kappa shape index (κ2) is 5.00. The maximum absolute atomic E-state index is 10.7. The lowest BCUT2D eigenvalue weighted by atomic mass is 9.99. The predicted octanol–water partition coefficient (Wildman–Crippen LogP) is 4.39. The van der Waals surface area contributed by atoms with Crippen LogP contribution >= 0.6 is 0 Å². The van der Waals surface area contributed by atoms with Crippen LogP contribution in [0.2, 0.25) is 0 Å². The average Bonchev–Trinajstić information content (AvgIpc) is 2.39. The SMILES string of the molecule is CC(C)c1ccc(-c2cccc([N+](=O)[O-])c2)cc1. The van der Waals surface area contributed by atoms with Crippen LogP contribution in [0.3, 0.4) is 0 Å². The molecule has 3 heteroatoms. The molecule has 92 valence electrons. The normalized spacial score (nSPS) is 10.6. The first-order valence-electron chi connectivity index (χ1n) is 5.92. The summed E-state index contributed by atoms with van der Waals surface area (Å²) >= 11 is 0. The van der Waals surface area contributed by atoms with Crippen molar-refractivity contribution in [1.82, 2.24) is 0 Å². The molecule has 0 amide bonds. The van der Waals surface area contributed by atoms with Gasteiger partial charge in [-0.25, -0.2) is 0 Å². The van der Waals surface area contributed by atoms with Crippen LogP contribution in [0.5, 0.6) is 0 Å². The molecule has 2 rings (SSSR count). The second-order valence-electron chi connectivity index (χ2n) is 4.58. The second-order valence-corrected chi connectivity index (χ2v) is 4.58. The third-order valence-electron chi connectivity index (χ3n) is 2.97. The summed E-state index contributed by atoms with van der Waals surface area (Å²) in [5, 5.41) is 10.7. The minimum Gasteiger partial charge on any atom is -0.258 e. The molecule has 18 heavy (non-hydrogen) atoms. The van der Waals surface area contributed by atoms with Crippen molar-refractivity contribution in [2.24, 2.45) is 0 Å². The van der Waals surface area contributed by atoms with E-state index in [1.54, 1.807) is 12.1 Å². The summed E-state index contributed by atoms with van der Waals surface area (Å²) in [6.45, 7) is 4.28. The first kappa shape index (κ1) is 12.3. The Morgan fingerprint density at radius 1 is 1.00 bits per heavy atom. The molecule has 0 heterocycles. The van der Waals surface area contributed by atoms with Gasteiger partial charge in [0.15, 0.2) is 0 Å². The van der Waals surface area contributed by atoms with Crippen molar-refractivity contribution >= 4 is 5.69 Å². The van der Waals surface area contributed by atoms with E-state index in [4.69, 9.17) is 0 Å². The van der Waals surface area contributed by atoms with E-state index in [1.807, 2.05) is 18.2 Å². The Morgan fingerprint density at radius 2 is 1.67 bits per heavy atom. The highest BCUT2D eigenvalue weighted by molar-refractivity contribution is 5.66. The number of nitrogens with zero attached hydrogens (tertiary/aromatic N) is 1. The summed E-state index contributed by atoms with van der Waals surface area (Å²) in [5.74, 6) is 0.490. The molecule has 0 aromatic heterocycles. The van der Waals surface area contributed by atoms with E-state index in [2.05, 4.69) is 26.0 Å². The lowest BCUT2D eigenvalue weighted by Crippen LogP contribution is -1.89. The molecule has 0 aliphatic rings. The lowest BCUT2D eigenvalue weighted by Gasteiger charge is -2.07. The molecule has 0 aliphatic heterocycles. The van der Waals surface area contributed by atoms with Gasteiger partial charge in [0.2, 0.25) is 0 Å². The van der Waals surface area contributed by atoms with Gasteiger partial charge in [-0.15, -0.1) is 0 Å². The molecule has 0 bridgehead atoms. The fourth-order valence-corrected chi connectivity index (χ4v) is 1.86. The zero-order chi connectivity index (χ0) is 13.1. The summed E-state index contributed by atoms with van der Waals surface area (Å²) in [6, 6.07) is 14.9. The van der Waals surface area contributed by atoms with Gasteiger partial charge in [-0.2, -0.15) is 0 Å². The molecule has 0 fully saturated rings. The summed E-state index contributed by atoms with van der Waals surface area (Å²) in [7, 11) is 0. The van der Waals surface area contributed by atoms with E-state index < -0.39 is 0 Å². The Labute approximate surface area is 106 Å². The van der Waals surface area contributed by atoms with Crippen LogP contribution in [0, 0.1) is 10.1 Å². The molecule has 2 aromatic rings. The average molecular weight is 241 g/mol. The van der Waals surface area contributed by atoms with E-state index in [0.29, 0.717) is 5.92 Å². The molecule has 0 saturated carbocycles. The highest BCUT2D eigenvalue weighted by Crippen LogP contribution is 2.25. The van der Waals surface area contributed by atoms with Crippen molar-refractivity contribution in [2.75, 3.05) is 0 Å². The fraction of sp³-hybridized carbons (Fsp3) is 0.200. The maximum atomic E-state index is 10.7. The van der Waals surface area contributed by atoms with Gasteiger partial charge in [0.1, 0.15) is 0 Å². The fourth-order valence-electron chi connectivity index (χ4n) is 1.86. The lowest BCUT2D eigenvalue weighted by molar-refractivity contribution is -0.384. The Kier molecular flexibility index (Phi) is 3.42. The van der Waals surface area contributed by atoms with Gasteiger partial charge in [-0.1, -0.05) is 50.2 Å². The quantitative estimate of drug-likeness (QED) is 0.591. The Hall–Kier alpha value is -2.16. The van der Waals surface area contributed by atoms with E-state index in [0.717, 1.165) is 11.1 Å². The maximum Gasteiger partial charge on any atom is 0.270 e. The van der Waals surface area contributed by atoms with E-state index in [9.17, 15) is 10.1 Å². The predicted molar refractivity (Wildman–Crippen MR) is 72.6 cm³/mol. The van der Waals surface area contributed by atoms with Gasteiger partial charge in [0.05, 0.1) is 4.92 Å². The highest BCUT2D eigenvalue weighted by Gasteiger charge is 2.07. The molecule has 0 radical (unpaired) electrons. The van der Waals surface area contributed by atoms with Gasteiger partial charge in [-0.05, 0) is 22.6 Å². The molecule has 0 N–H and O–H groups in total. The number of nitro benzene ring substituents is 1. The Morgan fingerprint density at radius 3 is 2.22 bits per heavy atom. The summed E-state index contributed by atoms with van der Waals surface area (Å²) in [6.07, 6.45) is 0. The van der Waals surface area contributed by atoms with Gasteiger partial charge in [0, 0.05) is 12.1 Å². The van der Waals surface area contributed by atoms with Gasteiger partial charge < -0.3 is 0 Å². The van der Waals surface area contributed by atoms with Crippen molar-refractivity contribution in [3.05, 3.63) is 64.2 Å². The van der Waals surface area contributed by atoms with Gasteiger partial charge >= 0.3 is 0 Å². The van der Waals surface area contributed by atoms with Crippen LogP contribution in [-0.4, -0.2) is 4.92 Å².